The van der Waals surface area contributed by atoms with E-state index in [-0.39, 0.29) is 11.3 Å². The van der Waals surface area contributed by atoms with E-state index in [1.54, 1.807) is 31.4 Å². The maximum Gasteiger partial charge on any atom is 0.324 e. The molecule has 0 radical (unpaired) electrons. The van der Waals surface area contributed by atoms with E-state index in [2.05, 4.69) is 27.2 Å². The summed E-state index contributed by atoms with van der Waals surface area (Å²) in [5, 5.41) is 6.12. The van der Waals surface area contributed by atoms with Gasteiger partial charge in [0, 0.05) is 18.1 Å². The van der Waals surface area contributed by atoms with E-state index < -0.39 is 22.0 Å². The zero-order valence-electron chi connectivity index (χ0n) is 21.8. The van der Waals surface area contributed by atoms with Gasteiger partial charge in [0.2, 0.25) is 10.0 Å². The van der Waals surface area contributed by atoms with Crippen molar-refractivity contribution in [3.63, 3.8) is 0 Å². The van der Waals surface area contributed by atoms with Gasteiger partial charge in [-0.1, -0.05) is 60.2 Å². The van der Waals surface area contributed by atoms with E-state index in [0.29, 0.717) is 17.7 Å². The van der Waals surface area contributed by atoms with Crippen LogP contribution in [0.15, 0.2) is 77.1 Å². The van der Waals surface area contributed by atoms with E-state index in [1.807, 2.05) is 60.8 Å². The normalized spacial score (nSPS) is 12.2. The van der Waals surface area contributed by atoms with Gasteiger partial charge >= 0.3 is 5.97 Å². The summed E-state index contributed by atoms with van der Waals surface area (Å²) in [4.78, 5) is 17.0. The molecule has 0 fully saturated rings. The number of rotatable bonds is 10. The number of ether oxygens (including phenoxy) is 1. The van der Waals surface area contributed by atoms with Crippen LogP contribution in [0.3, 0.4) is 0 Å². The van der Waals surface area contributed by atoms with Gasteiger partial charge in [-0.25, -0.2) is 13.4 Å². The lowest BCUT2D eigenvalue weighted by atomic mass is 9.99. The quantitative estimate of drug-likeness (QED) is 0.257. The molecule has 3 aromatic carbocycles. The number of esters is 1. The van der Waals surface area contributed by atoms with Crippen molar-refractivity contribution in [2.75, 3.05) is 12.4 Å². The van der Waals surface area contributed by atoms with Crippen molar-refractivity contribution in [3.8, 4) is 11.1 Å². The predicted molar refractivity (Wildman–Crippen MR) is 152 cm³/mol. The van der Waals surface area contributed by atoms with E-state index >= 15 is 0 Å². The van der Waals surface area contributed by atoms with Crippen LogP contribution in [0.25, 0.3) is 11.1 Å². The van der Waals surface area contributed by atoms with Gasteiger partial charge in [-0.05, 0) is 66.6 Å². The Morgan fingerprint density at radius 3 is 2.32 bits per heavy atom. The summed E-state index contributed by atoms with van der Waals surface area (Å²) in [6.45, 7) is 6.09. The molecule has 0 aliphatic carbocycles. The van der Waals surface area contributed by atoms with Crippen LogP contribution in [0.2, 0.25) is 0 Å². The van der Waals surface area contributed by atoms with Crippen LogP contribution >= 0.6 is 11.3 Å². The van der Waals surface area contributed by atoms with Crippen molar-refractivity contribution >= 4 is 32.5 Å². The molecule has 198 valence electrons. The van der Waals surface area contributed by atoms with Gasteiger partial charge < -0.3 is 10.1 Å². The van der Waals surface area contributed by atoms with Gasteiger partial charge in [0.15, 0.2) is 5.13 Å². The smallest absolute Gasteiger partial charge is 0.324 e. The Labute approximate surface area is 228 Å². The third-order valence-electron chi connectivity index (χ3n) is 6.19. The fraction of sp³-hybridized carbons (Fsp3) is 0.241. The molecule has 0 amide bonds. The molecule has 0 saturated heterocycles. The Hall–Kier alpha value is -3.53. The van der Waals surface area contributed by atoms with Gasteiger partial charge in [0.25, 0.3) is 0 Å². The predicted octanol–water partition coefficient (Wildman–Crippen LogP) is 5.41. The van der Waals surface area contributed by atoms with Crippen molar-refractivity contribution in [3.05, 3.63) is 100 Å². The highest BCUT2D eigenvalue weighted by Crippen LogP contribution is 2.24. The number of benzene rings is 3. The summed E-state index contributed by atoms with van der Waals surface area (Å²) in [5.41, 5.74) is 6.26. The first-order valence-electron chi connectivity index (χ1n) is 12.2. The molecule has 38 heavy (non-hydrogen) atoms. The molecular weight excluding hydrogens is 518 g/mol. The Bertz CT molecular complexity index is 1490. The fourth-order valence-electron chi connectivity index (χ4n) is 4.57. The van der Waals surface area contributed by atoms with Crippen LogP contribution in [-0.4, -0.2) is 32.5 Å². The second kappa shape index (κ2) is 11.9. The second-order valence-electron chi connectivity index (χ2n) is 9.22. The first kappa shape index (κ1) is 27.5. The summed E-state index contributed by atoms with van der Waals surface area (Å²) < 4.78 is 34.1. The molecule has 2 N–H and O–H groups in total. The van der Waals surface area contributed by atoms with Crippen molar-refractivity contribution < 1.29 is 17.9 Å². The lowest BCUT2D eigenvalue weighted by Gasteiger charge is -2.19. The number of nitrogens with one attached hydrogen (secondary N) is 2. The third-order valence-corrected chi connectivity index (χ3v) is 8.69. The number of nitrogens with zero attached hydrogens (tertiary/aromatic N) is 1. The molecule has 9 heteroatoms. The molecule has 0 bridgehead atoms. The summed E-state index contributed by atoms with van der Waals surface area (Å²) >= 11 is 1.56. The molecule has 0 saturated carbocycles. The molecule has 7 nitrogen and oxygen atoms in total. The van der Waals surface area contributed by atoms with Crippen molar-refractivity contribution in [1.82, 2.24) is 9.71 Å². The third kappa shape index (κ3) is 6.66. The first-order valence-corrected chi connectivity index (χ1v) is 14.5. The highest BCUT2D eigenvalue weighted by Gasteiger charge is 2.29. The fourth-order valence-corrected chi connectivity index (χ4v) is 6.74. The second-order valence-corrected chi connectivity index (χ2v) is 11.8. The Balaban J connectivity index is 1.50. The molecule has 0 spiro atoms. The average molecular weight is 550 g/mol. The standard InChI is InChI=1S/C29H31N3O4S2/c1-19-14-20(2)27(21(3)15-19)38(34,35)32-26(28(33)36-4)17-22-8-10-24(11-9-22)25-7-5-6-23(16-25)18-31-29-30-12-13-37-29/h5-16,26,32H,17-18H2,1-4H3,(H,30,31)/t26-/m0/s1. The van der Waals surface area contributed by atoms with Crippen molar-refractivity contribution in [1.29, 1.82) is 0 Å². The molecule has 1 atom stereocenters. The molecule has 4 rings (SSSR count). The number of thiazole rings is 1. The number of aryl methyl sites for hydroxylation is 3. The van der Waals surface area contributed by atoms with Crippen LogP contribution in [0, 0.1) is 20.8 Å². The van der Waals surface area contributed by atoms with Crippen LogP contribution < -0.4 is 10.0 Å². The minimum Gasteiger partial charge on any atom is -0.468 e. The number of carbonyl (C=O) groups is 1. The van der Waals surface area contributed by atoms with Crippen LogP contribution in [-0.2, 0) is 32.5 Å². The van der Waals surface area contributed by atoms with Crippen LogP contribution in [0.4, 0.5) is 5.13 Å². The Morgan fingerprint density at radius 1 is 0.974 bits per heavy atom. The molecule has 0 aliphatic heterocycles. The number of aromatic nitrogens is 1. The molecule has 0 aliphatic rings. The minimum atomic E-state index is -3.95. The Kier molecular flexibility index (Phi) is 8.61. The van der Waals surface area contributed by atoms with Gasteiger partial charge in [0.05, 0.1) is 12.0 Å². The average Bonchev–Trinajstić information content (AvgIpc) is 3.40. The van der Waals surface area contributed by atoms with E-state index in [4.69, 9.17) is 4.74 Å². The van der Waals surface area contributed by atoms with E-state index in [0.717, 1.165) is 32.9 Å². The van der Waals surface area contributed by atoms with Gasteiger partial charge in [-0.15, -0.1) is 11.3 Å². The van der Waals surface area contributed by atoms with Crippen molar-refractivity contribution in [2.45, 2.75) is 44.7 Å². The number of hydrogen-bond acceptors (Lipinski definition) is 7. The zero-order chi connectivity index (χ0) is 27.3. The molecular formula is C29H31N3O4S2. The van der Waals surface area contributed by atoms with E-state index in [1.165, 1.54) is 7.11 Å². The maximum absolute atomic E-state index is 13.3. The number of sulfonamides is 1. The largest absolute Gasteiger partial charge is 0.468 e. The topological polar surface area (TPSA) is 97.4 Å². The number of hydrogen-bond donors (Lipinski definition) is 2. The van der Waals surface area contributed by atoms with Crippen LogP contribution in [0.5, 0.6) is 0 Å². The number of methoxy groups -OCH3 is 1. The number of anilines is 1. The SMILES string of the molecule is COC(=O)[C@H](Cc1ccc(-c2cccc(CNc3nccs3)c2)cc1)NS(=O)(=O)c1c(C)cc(C)cc1C. The lowest BCUT2D eigenvalue weighted by Crippen LogP contribution is -2.43. The molecule has 1 aromatic heterocycles. The van der Waals surface area contributed by atoms with Gasteiger partial charge in [-0.3, -0.25) is 4.79 Å². The summed E-state index contributed by atoms with van der Waals surface area (Å²) in [6, 6.07) is 18.6. The Morgan fingerprint density at radius 2 is 1.68 bits per heavy atom. The molecule has 4 aromatic rings. The maximum atomic E-state index is 13.3. The van der Waals surface area contributed by atoms with Crippen LogP contribution in [0.1, 0.15) is 27.8 Å². The van der Waals surface area contributed by atoms with E-state index in [9.17, 15) is 13.2 Å². The van der Waals surface area contributed by atoms with Gasteiger partial charge in [-0.2, -0.15) is 4.72 Å². The molecule has 0 unspecified atom stereocenters. The lowest BCUT2D eigenvalue weighted by molar-refractivity contribution is -0.142. The van der Waals surface area contributed by atoms with Crippen molar-refractivity contribution in [2.24, 2.45) is 0 Å². The van der Waals surface area contributed by atoms with Gasteiger partial charge in [0.1, 0.15) is 6.04 Å². The molecule has 1 heterocycles. The highest BCUT2D eigenvalue weighted by molar-refractivity contribution is 7.89. The first-order chi connectivity index (χ1) is 18.2. The summed E-state index contributed by atoms with van der Waals surface area (Å²) in [5.74, 6) is -0.638. The minimum absolute atomic E-state index is 0.161. The number of carbonyl (C=O) groups excluding carboxylic acids is 1. The zero-order valence-corrected chi connectivity index (χ0v) is 23.4. The highest BCUT2D eigenvalue weighted by atomic mass is 32.2. The summed E-state index contributed by atoms with van der Waals surface area (Å²) in [6.07, 6.45) is 1.93. The summed E-state index contributed by atoms with van der Waals surface area (Å²) in [7, 11) is -2.70. The monoisotopic (exact) mass is 549 g/mol.